The van der Waals surface area contributed by atoms with Gasteiger partial charge >= 0.3 is 0 Å². The Hall–Kier alpha value is -2.42. The first-order chi connectivity index (χ1) is 19.4. The molecule has 8 heteroatoms. The molecule has 0 radical (unpaired) electrons. The van der Waals surface area contributed by atoms with E-state index in [1.807, 2.05) is 18.7 Å². The number of thioether (sulfide) groups is 1. The van der Waals surface area contributed by atoms with Crippen molar-refractivity contribution in [2.24, 2.45) is 11.0 Å². The molecule has 1 aromatic heterocycles. The Morgan fingerprint density at radius 3 is 2.75 bits per heavy atom. The molecular formula is C32H44N6S2. The van der Waals surface area contributed by atoms with Gasteiger partial charge in [-0.05, 0) is 80.0 Å². The summed E-state index contributed by atoms with van der Waals surface area (Å²) in [6.07, 6.45) is 3.49. The first kappa shape index (κ1) is 29.1. The second kappa shape index (κ2) is 13.0. The molecule has 5 rings (SSSR count). The number of thiol groups is 1. The fourth-order valence-corrected chi connectivity index (χ4v) is 7.43. The standard InChI is InChI=1S/C32H44N6S2/c1-23-20-32(3,25-11-13-26(14-12-25)33-16-6-18-39)22-38(21-23)17-7-19-40-31-36-35-30(37(31)4)28-8-5-9-29-27(28)15-10-24(2)34-29/h5,8-15,23,31,33,36,39H,6-7,16-22H2,1-4H3/t23-,31?,32-/m1/s1. The summed E-state index contributed by atoms with van der Waals surface area (Å²) < 4.78 is 0. The SMILES string of the molecule is Cc1ccc2c(C3=NNC(SCCCN4C[C@H](C)C[C@@](C)(c5ccc(NCCCS)cc5)C4)N3C)cccc2n1. The van der Waals surface area contributed by atoms with Crippen LogP contribution >= 0.6 is 24.4 Å². The van der Waals surface area contributed by atoms with Gasteiger partial charge in [-0.3, -0.25) is 10.4 Å². The van der Waals surface area contributed by atoms with Crippen molar-refractivity contribution in [3.63, 3.8) is 0 Å². The van der Waals surface area contributed by atoms with Crippen LogP contribution in [0.15, 0.2) is 59.7 Å². The molecule has 2 aliphatic heterocycles. The van der Waals surface area contributed by atoms with Gasteiger partial charge in [0.05, 0.1) is 5.52 Å². The molecule has 40 heavy (non-hydrogen) atoms. The molecule has 2 N–H and O–H groups in total. The van der Waals surface area contributed by atoms with Crippen molar-refractivity contribution in [3.8, 4) is 0 Å². The maximum atomic E-state index is 4.72. The number of hydrogen-bond acceptors (Lipinski definition) is 8. The summed E-state index contributed by atoms with van der Waals surface area (Å²) in [5.74, 6) is 3.69. The number of nitrogens with one attached hydrogen (secondary N) is 2. The minimum atomic E-state index is 0.147. The number of aromatic nitrogens is 1. The highest BCUT2D eigenvalue weighted by atomic mass is 32.2. The van der Waals surface area contributed by atoms with Crippen molar-refractivity contribution >= 4 is 46.8 Å². The average molecular weight is 577 g/mol. The van der Waals surface area contributed by atoms with E-state index in [0.717, 1.165) is 65.6 Å². The molecule has 1 unspecified atom stereocenters. The van der Waals surface area contributed by atoms with Crippen LogP contribution < -0.4 is 10.7 Å². The summed E-state index contributed by atoms with van der Waals surface area (Å²) in [6, 6.07) is 19.7. The first-order valence-corrected chi connectivity index (χ1v) is 16.3. The molecule has 214 valence electrons. The first-order valence-electron chi connectivity index (χ1n) is 14.6. The van der Waals surface area contributed by atoms with Crippen LogP contribution in [0, 0.1) is 12.8 Å². The summed E-state index contributed by atoms with van der Waals surface area (Å²) in [6.45, 7) is 11.3. The zero-order valence-corrected chi connectivity index (χ0v) is 26.1. The Bertz CT molecular complexity index is 1310. The van der Waals surface area contributed by atoms with Crippen LogP contribution in [-0.4, -0.2) is 70.8 Å². The average Bonchev–Trinajstić information content (AvgIpc) is 3.30. The molecule has 3 atom stereocenters. The summed E-state index contributed by atoms with van der Waals surface area (Å²) in [5, 5.41) is 9.38. The van der Waals surface area contributed by atoms with E-state index < -0.39 is 0 Å². The van der Waals surface area contributed by atoms with Gasteiger partial charge in [-0.15, -0.1) is 11.8 Å². The van der Waals surface area contributed by atoms with Gasteiger partial charge in [-0.25, -0.2) is 0 Å². The maximum absolute atomic E-state index is 4.72. The molecule has 2 aromatic carbocycles. The van der Waals surface area contributed by atoms with Crippen LogP contribution in [0.3, 0.4) is 0 Å². The smallest absolute Gasteiger partial charge is 0.164 e. The highest BCUT2D eigenvalue weighted by Gasteiger charge is 2.35. The quantitative estimate of drug-likeness (QED) is 0.187. The largest absolute Gasteiger partial charge is 0.385 e. The van der Waals surface area contributed by atoms with E-state index in [2.05, 4.69) is 109 Å². The predicted molar refractivity (Wildman–Crippen MR) is 176 cm³/mol. The van der Waals surface area contributed by atoms with Crippen LogP contribution in [0.1, 0.15) is 49.9 Å². The summed E-state index contributed by atoms with van der Waals surface area (Å²) in [7, 11) is 2.13. The molecular weight excluding hydrogens is 533 g/mol. The molecule has 0 aliphatic carbocycles. The molecule has 0 saturated carbocycles. The van der Waals surface area contributed by atoms with Crippen molar-refractivity contribution in [1.29, 1.82) is 0 Å². The van der Waals surface area contributed by atoms with Crippen LogP contribution in [0.5, 0.6) is 0 Å². The van der Waals surface area contributed by atoms with Crippen LogP contribution in [0.4, 0.5) is 5.69 Å². The number of pyridine rings is 1. The minimum Gasteiger partial charge on any atom is -0.385 e. The van der Waals surface area contributed by atoms with E-state index in [1.165, 1.54) is 30.6 Å². The third kappa shape index (κ3) is 6.72. The minimum absolute atomic E-state index is 0.147. The van der Waals surface area contributed by atoms with Crippen LogP contribution in [0.25, 0.3) is 10.9 Å². The number of benzene rings is 2. The van der Waals surface area contributed by atoms with Gasteiger partial charge < -0.3 is 15.1 Å². The van der Waals surface area contributed by atoms with Gasteiger partial charge in [0.25, 0.3) is 0 Å². The molecule has 1 saturated heterocycles. The van der Waals surface area contributed by atoms with Crippen LogP contribution in [0.2, 0.25) is 0 Å². The lowest BCUT2D eigenvalue weighted by molar-refractivity contribution is 0.116. The summed E-state index contributed by atoms with van der Waals surface area (Å²) in [4.78, 5) is 9.65. The predicted octanol–water partition coefficient (Wildman–Crippen LogP) is 6.18. The lowest BCUT2D eigenvalue weighted by atomic mass is 9.72. The lowest BCUT2D eigenvalue weighted by Crippen LogP contribution is -2.48. The Morgan fingerprint density at radius 2 is 1.95 bits per heavy atom. The fourth-order valence-electron chi connectivity index (χ4n) is 6.31. The number of piperidine rings is 1. The molecule has 1 fully saturated rings. The van der Waals surface area contributed by atoms with Gasteiger partial charge in [-0.2, -0.15) is 17.7 Å². The second-order valence-corrected chi connectivity index (χ2v) is 13.4. The molecule has 2 aliphatic rings. The number of likely N-dealkylation sites (tertiary alicyclic amines) is 1. The van der Waals surface area contributed by atoms with E-state index in [-0.39, 0.29) is 10.9 Å². The van der Waals surface area contributed by atoms with Gasteiger partial charge in [0.15, 0.2) is 11.3 Å². The number of nitrogens with zero attached hydrogens (tertiary/aromatic N) is 4. The number of hydrogen-bond donors (Lipinski definition) is 3. The van der Waals surface area contributed by atoms with E-state index >= 15 is 0 Å². The van der Waals surface area contributed by atoms with Crippen molar-refractivity contribution in [3.05, 3.63) is 71.4 Å². The number of anilines is 1. The topological polar surface area (TPSA) is 55.8 Å². The molecule has 6 nitrogen and oxygen atoms in total. The number of fused-ring (bicyclic) bond motifs is 1. The lowest BCUT2D eigenvalue weighted by Gasteiger charge is -2.44. The summed E-state index contributed by atoms with van der Waals surface area (Å²) >= 11 is 6.25. The Labute approximate surface area is 249 Å². The molecule has 3 heterocycles. The fraction of sp³-hybridized carbons (Fsp3) is 0.500. The second-order valence-electron chi connectivity index (χ2n) is 11.8. The van der Waals surface area contributed by atoms with E-state index in [4.69, 9.17) is 10.1 Å². The number of rotatable bonds is 11. The molecule has 0 spiro atoms. The van der Waals surface area contributed by atoms with Gasteiger partial charge in [0, 0.05) is 54.4 Å². The van der Waals surface area contributed by atoms with E-state index in [9.17, 15) is 0 Å². The van der Waals surface area contributed by atoms with Crippen molar-refractivity contribution in [2.45, 2.75) is 50.9 Å². The number of aryl methyl sites for hydroxylation is 1. The Balaban J connectivity index is 1.12. The highest BCUT2D eigenvalue weighted by Crippen LogP contribution is 2.37. The van der Waals surface area contributed by atoms with Crippen molar-refractivity contribution < 1.29 is 0 Å². The van der Waals surface area contributed by atoms with Crippen molar-refractivity contribution in [2.75, 3.05) is 50.0 Å². The maximum Gasteiger partial charge on any atom is 0.164 e. The molecule has 3 aromatic rings. The van der Waals surface area contributed by atoms with Crippen LogP contribution in [-0.2, 0) is 5.41 Å². The normalized spacial score (nSPS) is 23.3. The molecule has 0 bridgehead atoms. The monoisotopic (exact) mass is 576 g/mol. The van der Waals surface area contributed by atoms with Gasteiger partial charge in [0.1, 0.15) is 0 Å². The molecule has 0 amide bonds. The van der Waals surface area contributed by atoms with Gasteiger partial charge in [0.2, 0.25) is 0 Å². The van der Waals surface area contributed by atoms with E-state index in [1.54, 1.807) is 0 Å². The van der Waals surface area contributed by atoms with Gasteiger partial charge in [-0.1, -0.05) is 44.2 Å². The van der Waals surface area contributed by atoms with E-state index in [0.29, 0.717) is 5.92 Å². The Kier molecular flexibility index (Phi) is 9.49. The highest BCUT2D eigenvalue weighted by molar-refractivity contribution is 7.99. The Morgan fingerprint density at radius 1 is 1.12 bits per heavy atom. The number of amidine groups is 1. The summed E-state index contributed by atoms with van der Waals surface area (Å²) in [5.41, 5.74) is 9.55. The van der Waals surface area contributed by atoms with Crippen molar-refractivity contribution in [1.82, 2.24) is 20.2 Å². The zero-order chi connectivity index (χ0) is 28.1. The number of hydrazone groups is 1. The third-order valence-corrected chi connectivity index (χ3v) is 9.74. The zero-order valence-electron chi connectivity index (χ0n) is 24.4. The third-order valence-electron chi connectivity index (χ3n) is 8.16.